The van der Waals surface area contributed by atoms with Gasteiger partial charge in [-0.2, -0.15) is 5.10 Å². The zero-order valence-corrected chi connectivity index (χ0v) is 8.37. The Morgan fingerprint density at radius 3 is 2.93 bits per heavy atom. The van der Waals surface area contributed by atoms with Crippen LogP contribution in [0.2, 0.25) is 0 Å². The number of halogens is 1. The number of hydrogen-bond acceptors (Lipinski definition) is 2. The maximum atomic E-state index is 12.6. The molecule has 2 heterocycles. The lowest BCUT2D eigenvalue weighted by Crippen LogP contribution is -2.06. The van der Waals surface area contributed by atoms with E-state index in [0.29, 0.717) is 18.7 Å². The molecule has 82 valence electrons. The van der Waals surface area contributed by atoms with Crippen LogP contribution in [0.3, 0.4) is 0 Å². The topological polar surface area (TPSA) is 55.1 Å². The first-order chi connectivity index (χ1) is 7.24. The quantitative estimate of drug-likeness (QED) is 0.812. The smallest absolute Gasteiger partial charge is 0.339 e. The summed E-state index contributed by atoms with van der Waals surface area (Å²) in [6.07, 6.45) is 3.71. The van der Waals surface area contributed by atoms with Crippen LogP contribution in [0.5, 0.6) is 0 Å². The van der Waals surface area contributed by atoms with Crippen molar-refractivity contribution in [1.29, 1.82) is 0 Å². The van der Waals surface area contributed by atoms with Crippen LogP contribution in [-0.4, -0.2) is 20.9 Å². The van der Waals surface area contributed by atoms with E-state index in [4.69, 9.17) is 5.11 Å². The standard InChI is InChI=1S/C10H13FN2O2/c11-6-7-9(10(14)15)8-4-2-1-3-5-13(8)12-7/h1-6H2,(H,14,15). The molecule has 1 aliphatic rings. The van der Waals surface area contributed by atoms with Gasteiger partial charge in [-0.1, -0.05) is 6.42 Å². The van der Waals surface area contributed by atoms with Crippen molar-refractivity contribution in [3.8, 4) is 0 Å². The molecule has 0 fully saturated rings. The van der Waals surface area contributed by atoms with Crippen molar-refractivity contribution >= 4 is 5.97 Å². The van der Waals surface area contributed by atoms with Gasteiger partial charge < -0.3 is 5.11 Å². The van der Waals surface area contributed by atoms with Gasteiger partial charge in [-0.05, 0) is 19.3 Å². The molecule has 0 saturated heterocycles. The Bertz CT molecular complexity index is 387. The Balaban J connectivity index is 2.49. The summed E-state index contributed by atoms with van der Waals surface area (Å²) in [5.74, 6) is -1.06. The van der Waals surface area contributed by atoms with E-state index in [9.17, 15) is 9.18 Å². The number of aromatic carboxylic acids is 1. The highest BCUT2D eigenvalue weighted by atomic mass is 19.1. The maximum absolute atomic E-state index is 12.6. The fraction of sp³-hybridized carbons (Fsp3) is 0.600. The Hall–Kier alpha value is -1.39. The van der Waals surface area contributed by atoms with Crippen molar-refractivity contribution in [2.75, 3.05) is 0 Å². The second kappa shape index (κ2) is 4.00. The van der Waals surface area contributed by atoms with Crippen molar-refractivity contribution < 1.29 is 14.3 Å². The average Bonchev–Trinajstić information content (AvgIpc) is 2.42. The maximum Gasteiger partial charge on any atom is 0.339 e. The molecule has 1 aliphatic heterocycles. The fourth-order valence-corrected chi connectivity index (χ4v) is 2.06. The number of carboxylic acid groups (broad SMARTS) is 1. The Morgan fingerprint density at radius 2 is 2.27 bits per heavy atom. The van der Waals surface area contributed by atoms with Crippen LogP contribution in [0.15, 0.2) is 0 Å². The molecule has 0 saturated carbocycles. The molecule has 4 nitrogen and oxygen atoms in total. The summed E-state index contributed by atoms with van der Waals surface area (Å²) in [5.41, 5.74) is 0.839. The molecule has 0 atom stereocenters. The molecule has 0 unspecified atom stereocenters. The largest absolute Gasteiger partial charge is 0.478 e. The third kappa shape index (κ3) is 1.73. The normalized spacial score (nSPS) is 15.8. The fourth-order valence-electron chi connectivity index (χ4n) is 2.06. The first kappa shape index (κ1) is 10.1. The number of aromatic nitrogens is 2. The average molecular weight is 212 g/mol. The SMILES string of the molecule is O=C(O)c1c(CF)nn2c1CCCCC2. The van der Waals surface area contributed by atoms with Crippen LogP contribution in [0.25, 0.3) is 0 Å². The molecule has 0 radical (unpaired) electrons. The Kier molecular flexibility index (Phi) is 2.70. The summed E-state index contributed by atoms with van der Waals surface area (Å²) in [7, 11) is 0. The van der Waals surface area contributed by atoms with E-state index in [1.165, 1.54) is 0 Å². The number of rotatable bonds is 2. The first-order valence-corrected chi connectivity index (χ1v) is 5.12. The highest BCUT2D eigenvalue weighted by Gasteiger charge is 2.23. The van der Waals surface area contributed by atoms with Crippen molar-refractivity contribution in [3.05, 3.63) is 17.0 Å². The first-order valence-electron chi connectivity index (χ1n) is 5.12. The van der Waals surface area contributed by atoms with Crippen LogP contribution in [-0.2, 0) is 19.6 Å². The molecule has 15 heavy (non-hydrogen) atoms. The van der Waals surface area contributed by atoms with E-state index >= 15 is 0 Å². The zero-order valence-electron chi connectivity index (χ0n) is 8.37. The molecular weight excluding hydrogens is 199 g/mol. The number of alkyl halides is 1. The highest BCUT2D eigenvalue weighted by molar-refractivity contribution is 5.90. The van der Waals surface area contributed by atoms with Crippen LogP contribution in [0.4, 0.5) is 4.39 Å². The van der Waals surface area contributed by atoms with Crippen LogP contribution >= 0.6 is 0 Å². The number of aryl methyl sites for hydroxylation is 1. The molecule has 1 aromatic rings. The number of carbonyl (C=O) groups is 1. The van der Waals surface area contributed by atoms with Gasteiger partial charge in [-0.3, -0.25) is 4.68 Å². The summed E-state index contributed by atoms with van der Waals surface area (Å²) in [5, 5.41) is 13.0. The van der Waals surface area contributed by atoms with Gasteiger partial charge in [0.1, 0.15) is 17.9 Å². The summed E-state index contributed by atoms with van der Waals surface area (Å²) in [4.78, 5) is 11.0. The molecule has 0 bridgehead atoms. The Morgan fingerprint density at radius 1 is 1.47 bits per heavy atom. The minimum absolute atomic E-state index is 0.0689. The van der Waals surface area contributed by atoms with Gasteiger partial charge in [0.05, 0.1) is 5.69 Å². The van der Waals surface area contributed by atoms with Gasteiger partial charge in [-0.25, -0.2) is 9.18 Å². The van der Waals surface area contributed by atoms with E-state index in [-0.39, 0.29) is 11.3 Å². The molecule has 5 heteroatoms. The van der Waals surface area contributed by atoms with E-state index in [1.807, 2.05) is 0 Å². The van der Waals surface area contributed by atoms with Gasteiger partial charge >= 0.3 is 5.97 Å². The highest BCUT2D eigenvalue weighted by Crippen LogP contribution is 2.21. The molecular formula is C10H13FN2O2. The number of carboxylic acids is 1. The van der Waals surface area contributed by atoms with Gasteiger partial charge in [0.15, 0.2) is 0 Å². The van der Waals surface area contributed by atoms with Crippen LogP contribution < -0.4 is 0 Å². The molecule has 2 rings (SSSR count). The minimum atomic E-state index is -1.06. The van der Waals surface area contributed by atoms with E-state index in [1.54, 1.807) is 4.68 Å². The van der Waals surface area contributed by atoms with Gasteiger partial charge in [0.25, 0.3) is 0 Å². The van der Waals surface area contributed by atoms with Gasteiger partial charge in [-0.15, -0.1) is 0 Å². The van der Waals surface area contributed by atoms with Crippen molar-refractivity contribution in [2.45, 2.75) is 38.9 Å². The van der Waals surface area contributed by atoms with E-state index in [2.05, 4.69) is 5.10 Å². The second-order valence-electron chi connectivity index (χ2n) is 3.74. The van der Waals surface area contributed by atoms with E-state index in [0.717, 1.165) is 19.3 Å². The summed E-state index contributed by atoms with van der Waals surface area (Å²) < 4.78 is 14.3. The third-order valence-electron chi connectivity index (χ3n) is 2.75. The summed E-state index contributed by atoms with van der Waals surface area (Å²) in [6, 6.07) is 0. The summed E-state index contributed by atoms with van der Waals surface area (Å²) in [6.45, 7) is -0.1000. The lowest BCUT2D eigenvalue weighted by Gasteiger charge is -2.01. The third-order valence-corrected chi connectivity index (χ3v) is 2.75. The van der Waals surface area contributed by atoms with Crippen molar-refractivity contribution in [2.24, 2.45) is 0 Å². The molecule has 1 N–H and O–H groups in total. The number of fused-ring (bicyclic) bond motifs is 1. The van der Waals surface area contributed by atoms with Gasteiger partial charge in [0, 0.05) is 6.54 Å². The number of nitrogens with zero attached hydrogens (tertiary/aromatic N) is 2. The predicted octanol–water partition coefficient (Wildman–Crippen LogP) is 1.78. The Labute approximate surface area is 86.7 Å². The summed E-state index contributed by atoms with van der Waals surface area (Å²) >= 11 is 0. The lowest BCUT2D eigenvalue weighted by molar-refractivity contribution is 0.0693. The second-order valence-corrected chi connectivity index (χ2v) is 3.74. The molecule has 1 aromatic heterocycles. The van der Waals surface area contributed by atoms with Crippen molar-refractivity contribution in [1.82, 2.24) is 9.78 Å². The lowest BCUT2D eigenvalue weighted by atomic mass is 10.1. The van der Waals surface area contributed by atoms with Crippen molar-refractivity contribution in [3.63, 3.8) is 0 Å². The minimum Gasteiger partial charge on any atom is -0.478 e. The van der Waals surface area contributed by atoms with E-state index < -0.39 is 12.6 Å². The molecule has 0 aliphatic carbocycles. The number of hydrogen-bond donors (Lipinski definition) is 1. The van der Waals surface area contributed by atoms with Gasteiger partial charge in [0.2, 0.25) is 0 Å². The zero-order chi connectivity index (χ0) is 10.8. The predicted molar refractivity (Wildman–Crippen MR) is 51.6 cm³/mol. The molecule has 0 aromatic carbocycles. The van der Waals surface area contributed by atoms with Crippen LogP contribution in [0.1, 0.15) is 41.0 Å². The van der Waals surface area contributed by atoms with Crippen LogP contribution in [0, 0.1) is 0 Å². The molecule has 0 spiro atoms. The monoisotopic (exact) mass is 212 g/mol. The molecule has 0 amide bonds.